The highest BCUT2D eigenvalue weighted by Gasteiger charge is 2.37. The van der Waals surface area contributed by atoms with E-state index in [2.05, 4.69) is 4.98 Å². The summed E-state index contributed by atoms with van der Waals surface area (Å²) in [5.74, 6) is -0.145. The average molecular weight is 306 g/mol. The number of rotatable bonds is 3. The maximum atomic E-state index is 12.1. The van der Waals surface area contributed by atoms with Crippen LogP contribution in [0.3, 0.4) is 0 Å². The average Bonchev–Trinajstić information content (AvgIpc) is 3.08. The largest absolute Gasteiger partial charge is 0.497 e. The van der Waals surface area contributed by atoms with Gasteiger partial charge in [0.1, 0.15) is 5.75 Å². The number of anilines is 1. The molecule has 0 aliphatic carbocycles. The molecule has 1 fully saturated rings. The Balaban J connectivity index is 1.90. The summed E-state index contributed by atoms with van der Waals surface area (Å²) >= 11 is 1.43. The van der Waals surface area contributed by atoms with E-state index in [-0.39, 0.29) is 18.3 Å². The molecule has 2 aromatic rings. The molecule has 6 nitrogen and oxygen atoms in total. The van der Waals surface area contributed by atoms with E-state index in [1.54, 1.807) is 12.0 Å². The van der Waals surface area contributed by atoms with Gasteiger partial charge in [-0.05, 0) is 12.1 Å². The molecular formula is C14H14N2O4S. The molecule has 110 valence electrons. The Morgan fingerprint density at radius 2 is 2.24 bits per heavy atom. The van der Waals surface area contributed by atoms with Crippen molar-refractivity contribution >= 4 is 38.6 Å². The third kappa shape index (κ3) is 2.44. The lowest BCUT2D eigenvalue weighted by Gasteiger charge is -2.11. The van der Waals surface area contributed by atoms with Crippen LogP contribution in [0.25, 0.3) is 10.2 Å². The molecule has 3 rings (SSSR count). The number of benzene rings is 1. The highest BCUT2D eigenvalue weighted by Crippen LogP contribution is 2.34. The lowest BCUT2D eigenvalue weighted by Crippen LogP contribution is -2.25. The van der Waals surface area contributed by atoms with E-state index in [4.69, 9.17) is 9.47 Å². The van der Waals surface area contributed by atoms with Gasteiger partial charge in [-0.3, -0.25) is 14.5 Å². The molecule has 0 spiro atoms. The van der Waals surface area contributed by atoms with Crippen LogP contribution in [0.1, 0.15) is 6.42 Å². The summed E-state index contributed by atoms with van der Waals surface area (Å²) in [5.41, 5.74) is 0.781. The van der Waals surface area contributed by atoms with E-state index in [0.29, 0.717) is 11.7 Å². The molecule has 1 aromatic heterocycles. The molecular weight excluding hydrogens is 292 g/mol. The van der Waals surface area contributed by atoms with Gasteiger partial charge in [0.25, 0.3) is 0 Å². The predicted molar refractivity (Wildman–Crippen MR) is 78.6 cm³/mol. The predicted octanol–water partition coefficient (Wildman–Crippen LogP) is 1.83. The summed E-state index contributed by atoms with van der Waals surface area (Å²) < 4.78 is 10.8. The van der Waals surface area contributed by atoms with E-state index in [9.17, 15) is 9.59 Å². The number of fused-ring (bicyclic) bond motifs is 1. The lowest BCUT2D eigenvalue weighted by molar-refractivity contribution is -0.145. The summed E-state index contributed by atoms with van der Waals surface area (Å²) in [6.45, 7) is 0.322. The molecule has 2 heterocycles. The number of carbonyl (C=O) groups excluding carboxylic acids is 2. The molecule has 7 heteroatoms. The first-order valence-electron chi connectivity index (χ1n) is 6.45. The Morgan fingerprint density at radius 3 is 2.95 bits per heavy atom. The Bertz CT molecular complexity index is 712. The minimum Gasteiger partial charge on any atom is -0.497 e. The molecule has 0 radical (unpaired) electrons. The number of amides is 1. The maximum absolute atomic E-state index is 12.1. The van der Waals surface area contributed by atoms with Crippen molar-refractivity contribution in [2.75, 3.05) is 25.7 Å². The van der Waals surface area contributed by atoms with E-state index < -0.39 is 5.92 Å². The summed E-state index contributed by atoms with van der Waals surface area (Å²) in [7, 11) is 2.93. The van der Waals surface area contributed by atoms with Crippen molar-refractivity contribution in [3.05, 3.63) is 18.2 Å². The zero-order valence-electron chi connectivity index (χ0n) is 11.7. The highest BCUT2D eigenvalue weighted by atomic mass is 32.1. The maximum Gasteiger partial charge on any atom is 0.311 e. The summed E-state index contributed by atoms with van der Waals surface area (Å²) in [4.78, 5) is 29.6. The topological polar surface area (TPSA) is 68.7 Å². The molecule has 21 heavy (non-hydrogen) atoms. The van der Waals surface area contributed by atoms with Crippen LogP contribution < -0.4 is 9.64 Å². The molecule has 0 saturated carbocycles. The van der Waals surface area contributed by atoms with Crippen LogP contribution in [0, 0.1) is 5.92 Å². The first kappa shape index (κ1) is 13.8. The van der Waals surface area contributed by atoms with Gasteiger partial charge in [0.05, 0.1) is 30.4 Å². The molecule has 1 unspecified atom stereocenters. The van der Waals surface area contributed by atoms with Crippen molar-refractivity contribution in [1.29, 1.82) is 0 Å². The highest BCUT2D eigenvalue weighted by molar-refractivity contribution is 7.22. The third-order valence-electron chi connectivity index (χ3n) is 3.47. The quantitative estimate of drug-likeness (QED) is 0.809. The molecule has 1 aromatic carbocycles. The van der Waals surface area contributed by atoms with Crippen molar-refractivity contribution in [3.8, 4) is 5.75 Å². The van der Waals surface area contributed by atoms with Crippen molar-refractivity contribution in [2.45, 2.75) is 6.42 Å². The summed E-state index contributed by atoms with van der Waals surface area (Å²) in [5, 5.41) is 0.606. The Kier molecular flexibility index (Phi) is 3.50. The molecule has 0 N–H and O–H groups in total. The van der Waals surface area contributed by atoms with Crippen LogP contribution >= 0.6 is 11.3 Å². The number of esters is 1. The fourth-order valence-electron chi connectivity index (χ4n) is 2.35. The second-order valence-electron chi connectivity index (χ2n) is 4.76. The fourth-order valence-corrected chi connectivity index (χ4v) is 3.33. The second kappa shape index (κ2) is 5.33. The number of carbonyl (C=O) groups is 2. The molecule has 1 amide bonds. The normalized spacial score (nSPS) is 18.3. The Morgan fingerprint density at radius 1 is 1.43 bits per heavy atom. The van der Waals surface area contributed by atoms with Crippen LogP contribution in [-0.2, 0) is 14.3 Å². The fraction of sp³-hybridized carbons (Fsp3) is 0.357. The standard InChI is InChI=1S/C14H14N2O4S/c1-19-9-3-4-11-10(6-9)15-14(21-11)16-7-8(5-12(16)17)13(18)20-2/h3-4,6,8H,5,7H2,1-2H3. The monoisotopic (exact) mass is 306 g/mol. The van der Waals surface area contributed by atoms with Crippen molar-refractivity contribution < 1.29 is 19.1 Å². The van der Waals surface area contributed by atoms with E-state index >= 15 is 0 Å². The first-order chi connectivity index (χ1) is 10.1. The number of thiazole rings is 1. The number of hydrogen-bond donors (Lipinski definition) is 0. The zero-order valence-corrected chi connectivity index (χ0v) is 12.5. The van der Waals surface area contributed by atoms with Gasteiger partial charge in [-0.15, -0.1) is 0 Å². The number of hydrogen-bond acceptors (Lipinski definition) is 6. The number of methoxy groups -OCH3 is 2. The minimum atomic E-state index is -0.413. The van der Waals surface area contributed by atoms with Crippen molar-refractivity contribution in [3.63, 3.8) is 0 Å². The first-order valence-corrected chi connectivity index (χ1v) is 7.27. The van der Waals surface area contributed by atoms with Crippen LogP contribution in [-0.4, -0.2) is 37.6 Å². The second-order valence-corrected chi connectivity index (χ2v) is 5.77. The third-order valence-corrected chi connectivity index (χ3v) is 4.53. The number of ether oxygens (including phenoxy) is 2. The summed E-state index contributed by atoms with van der Waals surface area (Å²) in [6.07, 6.45) is 0.173. The van der Waals surface area contributed by atoms with Gasteiger partial charge >= 0.3 is 5.97 Å². The SMILES string of the molecule is COC(=O)C1CC(=O)N(c2nc3cc(OC)ccc3s2)C1. The lowest BCUT2D eigenvalue weighted by atomic mass is 10.1. The smallest absolute Gasteiger partial charge is 0.311 e. The van der Waals surface area contributed by atoms with Gasteiger partial charge in [0, 0.05) is 19.0 Å². The number of aromatic nitrogens is 1. The van der Waals surface area contributed by atoms with E-state index in [1.165, 1.54) is 18.4 Å². The van der Waals surface area contributed by atoms with E-state index in [0.717, 1.165) is 16.0 Å². The molecule has 1 aliphatic rings. The molecule has 1 aliphatic heterocycles. The zero-order chi connectivity index (χ0) is 15.0. The Hall–Kier alpha value is -2.15. The van der Waals surface area contributed by atoms with Crippen molar-refractivity contribution in [2.24, 2.45) is 5.92 Å². The molecule has 0 bridgehead atoms. The van der Waals surface area contributed by atoms with Gasteiger partial charge in [0.15, 0.2) is 5.13 Å². The summed E-state index contributed by atoms with van der Waals surface area (Å²) in [6, 6.07) is 5.59. The minimum absolute atomic E-state index is 0.101. The van der Waals surface area contributed by atoms with Gasteiger partial charge in [-0.2, -0.15) is 0 Å². The number of nitrogens with zero attached hydrogens (tertiary/aromatic N) is 2. The van der Waals surface area contributed by atoms with Gasteiger partial charge in [-0.25, -0.2) is 4.98 Å². The van der Waals surface area contributed by atoms with Crippen LogP contribution in [0.2, 0.25) is 0 Å². The van der Waals surface area contributed by atoms with Gasteiger partial charge in [-0.1, -0.05) is 11.3 Å². The van der Waals surface area contributed by atoms with Gasteiger partial charge in [0.2, 0.25) is 5.91 Å². The van der Waals surface area contributed by atoms with Gasteiger partial charge < -0.3 is 9.47 Å². The van der Waals surface area contributed by atoms with Crippen LogP contribution in [0.15, 0.2) is 18.2 Å². The Labute approximate surface area is 125 Å². The molecule has 1 atom stereocenters. The van der Waals surface area contributed by atoms with Crippen LogP contribution in [0.5, 0.6) is 5.75 Å². The van der Waals surface area contributed by atoms with Crippen molar-refractivity contribution in [1.82, 2.24) is 4.98 Å². The van der Waals surface area contributed by atoms with E-state index in [1.807, 2.05) is 18.2 Å². The molecule has 1 saturated heterocycles. The van der Waals surface area contributed by atoms with Crippen LogP contribution in [0.4, 0.5) is 5.13 Å².